The molecule has 2 saturated heterocycles. The molecule has 27 heavy (non-hydrogen) atoms. The average Bonchev–Trinajstić information content (AvgIpc) is 2.98. The van der Waals surface area contributed by atoms with Gasteiger partial charge in [0.25, 0.3) is 0 Å². The molecule has 0 saturated carbocycles. The van der Waals surface area contributed by atoms with E-state index in [0.717, 1.165) is 19.0 Å². The normalized spacial score (nSPS) is 21.2. The molecule has 0 unspecified atom stereocenters. The molecule has 0 radical (unpaired) electrons. The maximum atomic E-state index is 4.36. The SMILES string of the molecule is CCN1CCN(CCCCNC(=NC)NCCCN2CCCCCC2)CC1. The highest BCUT2D eigenvalue weighted by molar-refractivity contribution is 5.79. The molecule has 2 aliphatic heterocycles. The van der Waals surface area contributed by atoms with Crippen LogP contribution in [-0.2, 0) is 0 Å². The third-order valence-electron chi connectivity index (χ3n) is 5.97. The van der Waals surface area contributed by atoms with Crippen molar-refractivity contribution in [2.24, 2.45) is 4.99 Å². The summed E-state index contributed by atoms with van der Waals surface area (Å²) in [5.41, 5.74) is 0. The summed E-state index contributed by atoms with van der Waals surface area (Å²) in [6, 6.07) is 0. The van der Waals surface area contributed by atoms with E-state index < -0.39 is 0 Å². The van der Waals surface area contributed by atoms with Crippen LogP contribution in [0.4, 0.5) is 0 Å². The number of hydrogen-bond donors (Lipinski definition) is 2. The van der Waals surface area contributed by atoms with Crippen molar-refractivity contribution in [1.29, 1.82) is 0 Å². The van der Waals surface area contributed by atoms with Crippen molar-refractivity contribution in [2.75, 3.05) is 79.0 Å². The maximum Gasteiger partial charge on any atom is 0.190 e. The number of rotatable bonds is 10. The van der Waals surface area contributed by atoms with Crippen LogP contribution in [0, 0.1) is 0 Å². The molecule has 0 atom stereocenters. The van der Waals surface area contributed by atoms with Crippen LogP contribution in [0.15, 0.2) is 4.99 Å². The van der Waals surface area contributed by atoms with Crippen molar-refractivity contribution in [3.63, 3.8) is 0 Å². The minimum atomic E-state index is 0.961. The molecular formula is C21H44N6. The summed E-state index contributed by atoms with van der Waals surface area (Å²) in [5.74, 6) is 0.961. The van der Waals surface area contributed by atoms with Gasteiger partial charge >= 0.3 is 0 Å². The third-order valence-corrected chi connectivity index (χ3v) is 5.97. The highest BCUT2D eigenvalue weighted by Crippen LogP contribution is 2.09. The topological polar surface area (TPSA) is 46.1 Å². The molecule has 0 bridgehead atoms. The van der Waals surface area contributed by atoms with Gasteiger partial charge in [-0.05, 0) is 64.8 Å². The lowest BCUT2D eigenvalue weighted by atomic mass is 10.2. The molecule has 2 aliphatic rings. The molecule has 0 aromatic heterocycles. The smallest absolute Gasteiger partial charge is 0.190 e. The van der Waals surface area contributed by atoms with Crippen LogP contribution in [0.5, 0.6) is 0 Å². The van der Waals surface area contributed by atoms with Crippen molar-refractivity contribution in [2.45, 2.75) is 51.9 Å². The number of aliphatic imine (C=N–C) groups is 1. The minimum absolute atomic E-state index is 0.961. The van der Waals surface area contributed by atoms with Crippen molar-refractivity contribution in [1.82, 2.24) is 25.3 Å². The van der Waals surface area contributed by atoms with Gasteiger partial charge in [-0.25, -0.2) is 0 Å². The Labute approximate surface area is 167 Å². The number of likely N-dealkylation sites (N-methyl/N-ethyl adjacent to an activating group) is 1. The maximum absolute atomic E-state index is 4.36. The van der Waals surface area contributed by atoms with Gasteiger partial charge in [0.1, 0.15) is 0 Å². The average molecular weight is 381 g/mol. The van der Waals surface area contributed by atoms with E-state index in [1.54, 1.807) is 0 Å². The molecule has 0 aromatic carbocycles. The zero-order valence-electron chi connectivity index (χ0n) is 18.0. The Morgan fingerprint density at radius 2 is 1.26 bits per heavy atom. The molecule has 0 aromatic rings. The molecule has 6 nitrogen and oxygen atoms in total. The number of hydrogen-bond acceptors (Lipinski definition) is 4. The molecule has 6 heteroatoms. The molecule has 2 N–H and O–H groups in total. The Balaban J connectivity index is 1.44. The fourth-order valence-corrected chi connectivity index (χ4v) is 4.09. The Bertz CT molecular complexity index is 384. The number of piperazine rings is 1. The Morgan fingerprint density at radius 3 is 1.89 bits per heavy atom. The summed E-state index contributed by atoms with van der Waals surface area (Å²) >= 11 is 0. The fraction of sp³-hybridized carbons (Fsp3) is 0.952. The predicted molar refractivity (Wildman–Crippen MR) is 117 cm³/mol. The standard InChI is InChI=1S/C21H44N6/c1-3-25-17-19-27(20-18-25)15-9-6-11-23-21(22-2)24-12-10-16-26-13-7-4-5-8-14-26/h3-20H2,1-2H3,(H2,22,23,24). The van der Waals surface area contributed by atoms with Crippen LogP contribution >= 0.6 is 0 Å². The molecule has 0 spiro atoms. The van der Waals surface area contributed by atoms with Gasteiger partial charge in [-0.15, -0.1) is 0 Å². The zero-order chi connectivity index (χ0) is 19.2. The summed E-state index contributed by atoms with van der Waals surface area (Å²) < 4.78 is 0. The van der Waals surface area contributed by atoms with Crippen LogP contribution in [0.3, 0.4) is 0 Å². The fourth-order valence-electron chi connectivity index (χ4n) is 4.09. The van der Waals surface area contributed by atoms with Crippen molar-refractivity contribution < 1.29 is 0 Å². The highest BCUT2D eigenvalue weighted by Gasteiger charge is 2.14. The predicted octanol–water partition coefficient (Wildman–Crippen LogP) is 1.84. The number of likely N-dealkylation sites (tertiary alicyclic amines) is 1. The lowest BCUT2D eigenvalue weighted by Gasteiger charge is -2.34. The largest absolute Gasteiger partial charge is 0.356 e. The van der Waals surface area contributed by atoms with E-state index in [-0.39, 0.29) is 0 Å². The van der Waals surface area contributed by atoms with Crippen molar-refractivity contribution >= 4 is 5.96 Å². The lowest BCUT2D eigenvalue weighted by molar-refractivity contribution is 0.136. The van der Waals surface area contributed by atoms with Crippen LogP contribution in [0.1, 0.15) is 51.9 Å². The summed E-state index contributed by atoms with van der Waals surface area (Å²) in [5, 5.41) is 6.94. The lowest BCUT2D eigenvalue weighted by Crippen LogP contribution is -2.46. The number of nitrogens with zero attached hydrogens (tertiary/aromatic N) is 4. The second kappa shape index (κ2) is 14.2. The molecule has 2 rings (SSSR count). The zero-order valence-corrected chi connectivity index (χ0v) is 18.0. The van der Waals surface area contributed by atoms with Crippen LogP contribution in [0.25, 0.3) is 0 Å². The monoisotopic (exact) mass is 380 g/mol. The molecule has 0 aliphatic carbocycles. The van der Waals surface area contributed by atoms with Gasteiger partial charge in [0, 0.05) is 46.3 Å². The summed E-state index contributed by atoms with van der Waals surface area (Å²) in [4.78, 5) is 12.1. The van der Waals surface area contributed by atoms with Gasteiger partial charge < -0.3 is 25.3 Å². The molecule has 2 heterocycles. The van der Waals surface area contributed by atoms with E-state index in [1.165, 1.54) is 104 Å². The van der Waals surface area contributed by atoms with E-state index in [1.807, 2.05) is 7.05 Å². The second-order valence-corrected chi connectivity index (χ2v) is 8.02. The Kier molecular flexibility index (Phi) is 11.8. The van der Waals surface area contributed by atoms with Crippen LogP contribution in [0.2, 0.25) is 0 Å². The summed E-state index contributed by atoms with van der Waals surface area (Å²) in [6.45, 7) is 15.5. The Hall–Kier alpha value is -0.850. The molecular weight excluding hydrogens is 336 g/mol. The molecule has 158 valence electrons. The van der Waals surface area contributed by atoms with Crippen molar-refractivity contribution in [3.8, 4) is 0 Å². The van der Waals surface area contributed by atoms with E-state index in [2.05, 4.69) is 37.2 Å². The Morgan fingerprint density at radius 1 is 0.704 bits per heavy atom. The van der Waals surface area contributed by atoms with Gasteiger partial charge in [-0.3, -0.25) is 4.99 Å². The number of nitrogens with one attached hydrogen (secondary N) is 2. The van der Waals surface area contributed by atoms with Gasteiger partial charge in [0.15, 0.2) is 5.96 Å². The quantitative estimate of drug-likeness (QED) is 0.344. The van der Waals surface area contributed by atoms with Crippen LogP contribution < -0.4 is 10.6 Å². The first kappa shape index (κ1) is 22.4. The highest BCUT2D eigenvalue weighted by atomic mass is 15.3. The van der Waals surface area contributed by atoms with Gasteiger partial charge in [-0.2, -0.15) is 0 Å². The summed E-state index contributed by atoms with van der Waals surface area (Å²) in [7, 11) is 1.87. The van der Waals surface area contributed by atoms with E-state index >= 15 is 0 Å². The van der Waals surface area contributed by atoms with Crippen LogP contribution in [-0.4, -0.2) is 99.7 Å². The van der Waals surface area contributed by atoms with E-state index in [4.69, 9.17) is 0 Å². The molecule has 0 amide bonds. The first-order chi connectivity index (χ1) is 13.3. The van der Waals surface area contributed by atoms with E-state index in [0.29, 0.717) is 0 Å². The van der Waals surface area contributed by atoms with Crippen molar-refractivity contribution in [3.05, 3.63) is 0 Å². The third kappa shape index (κ3) is 9.77. The van der Waals surface area contributed by atoms with Gasteiger partial charge in [-0.1, -0.05) is 19.8 Å². The second-order valence-electron chi connectivity index (χ2n) is 8.02. The first-order valence-corrected chi connectivity index (χ1v) is 11.4. The summed E-state index contributed by atoms with van der Waals surface area (Å²) in [6.07, 6.45) is 9.27. The first-order valence-electron chi connectivity index (χ1n) is 11.4. The van der Waals surface area contributed by atoms with Gasteiger partial charge in [0.2, 0.25) is 0 Å². The van der Waals surface area contributed by atoms with E-state index in [9.17, 15) is 0 Å². The number of guanidine groups is 1. The molecule has 2 fully saturated rings. The van der Waals surface area contributed by atoms with Gasteiger partial charge in [0.05, 0.1) is 0 Å². The minimum Gasteiger partial charge on any atom is -0.356 e. The number of unbranched alkanes of at least 4 members (excludes halogenated alkanes) is 1.